The molecule has 1 N–H and O–H groups in total. The summed E-state index contributed by atoms with van der Waals surface area (Å²) in [6.45, 7) is 1.85. The van der Waals surface area contributed by atoms with E-state index >= 15 is 0 Å². The van der Waals surface area contributed by atoms with E-state index in [4.69, 9.17) is 0 Å². The molecular weight excluding hydrogens is 352 g/mol. The van der Waals surface area contributed by atoms with Crippen LogP contribution < -0.4 is 5.43 Å². The standard InChI is InChI=1S/C21H22N6O/c1-15(18-12-11-16-7-5-6-10-19(16)13-18)22-23-20(28)14-27-25-21(24-26-27)17-8-3-2-4-9-17/h2-4,8-9,11-13H,5-7,10,14H2,1H3,(H,23,28)/b22-15-. The summed E-state index contributed by atoms with van der Waals surface area (Å²) < 4.78 is 0. The van der Waals surface area contributed by atoms with Crippen molar-refractivity contribution in [2.75, 3.05) is 0 Å². The van der Waals surface area contributed by atoms with E-state index in [1.54, 1.807) is 0 Å². The first-order valence-electron chi connectivity index (χ1n) is 9.47. The minimum atomic E-state index is -0.297. The van der Waals surface area contributed by atoms with Crippen LogP contribution in [0.2, 0.25) is 0 Å². The number of hydrazone groups is 1. The number of fused-ring (bicyclic) bond motifs is 1. The summed E-state index contributed by atoms with van der Waals surface area (Å²) in [7, 11) is 0. The molecule has 1 amide bonds. The molecule has 0 saturated heterocycles. The summed E-state index contributed by atoms with van der Waals surface area (Å²) in [5.41, 5.74) is 8.07. The lowest BCUT2D eigenvalue weighted by Gasteiger charge is -2.16. The molecule has 7 heteroatoms. The van der Waals surface area contributed by atoms with E-state index in [1.807, 2.05) is 37.3 Å². The van der Waals surface area contributed by atoms with Crippen LogP contribution in [0, 0.1) is 0 Å². The molecule has 142 valence electrons. The van der Waals surface area contributed by atoms with Crippen molar-refractivity contribution in [1.29, 1.82) is 0 Å². The number of tetrazole rings is 1. The van der Waals surface area contributed by atoms with E-state index < -0.39 is 0 Å². The summed E-state index contributed by atoms with van der Waals surface area (Å²) in [6, 6.07) is 16.0. The molecule has 3 aromatic rings. The Morgan fingerprint density at radius 2 is 1.89 bits per heavy atom. The highest BCUT2D eigenvalue weighted by Crippen LogP contribution is 2.22. The highest BCUT2D eigenvalue weighted by atomic mass is 16.2. The number of nitrogens with one attached hydrogen (secondary N) is 1. The molecule has 1 heterocycles. The number of carbonyl (C=O) groups is 1. The number of aromatic nitrogens is 4. The number of rotatable bonds is 5. The normalized spacial score (nSPS) is 13.8. The molecule has 7 nitrogen and oxygen atoms in total. The zero-order valence-corrected chi connectivity index (χ0v) is 15.8. The monoisotopic (exact) mass is 374 g/mol. The first-order valence-corrected chi connectivity index (χ1v) is 9.47. The fourth-order valence-electron chi connectivity index (χ4n) is 3.35. The van der Waals surface area contributed by atoms with Gasteiger partial charge in [0.25, 0.3) is 5.91 Å². The summed E-state index contributed by atoms with van der Waals surface area (Å²) >= 11 is 0. The van der Waals surface area contributed by atoms with Crippen LogP contribution in [0.4, 0.5) is 0 Å². The molecule has 0 saturated carbocycles. The van der Waals surface area contributed by atoms with Gasteiger partial charge in [-0.25, -0.2) is 5.43 Å². The third-order valence-corrected chi connectivity index (χ3v) is 4.88. The van der Waals surface area contributed by atoms with Crippen LogP contribution in [0.25, 0.3) is 11.4 Å². The molecule has 0 unspecified atom stereocenters. The van der Waals surface area contributed by atoms with E-state index in [0.717, 1.165) is 29.7 Å². The Bertz CT molecular complexity index is 1010. The molecule has 0 spiro atoms. The predicted octanol–water partition coefficient (Wildman–Crippen LogP) is 2.76. The lowest BCUT2D eigenvalue weighted by atomic mass is 9.90. The van der Waals surface area contributed by atoms with Crippen molar-refractivity contribution in [3.8, 4) is 11.4 Å². The quantitative estimate of drug-likeness (QED) is 0.550. The number of hydrogen-bond donors (Lipinski definition) is 1. The lowest BCUT2D eigenvalue weighted by molar-refractivity contribution is -0.122. The molecular formula is C21H22N6O. The van der Waals surface area contributed by atoms with E-state index in [-0.39, 0.29) is 12.5 Å². The average Bonchev–Trinajstić information content (AvgIpc) is 3.20. The molecule has 1 aliphatic carbocycles. The zero-order valence-electron chi connectivity index (χ0n) is 15.8. The number of hydrogen-bond acceptors (Lipinski definition) is 5. The minimum Gasteiger partial charge on any atom is -0.271 e. The second-order valence-corrected chi connectivity index (χ2v) is 6.93. The molecule has 1 aliphatic rings. The van der Waals surface area contributed by atoms with Crippen molar-refractivity contribution in [2.24, 2.45) is 5.10 Å². The fraction of sp³-hybridized carbons (Fsp3) is 0.286. The summed E-state index contributed by atoms with van der Waals surface area (Å²) in [6.07, 6.45) is 4.76. The van der Waals surface area contributed by atoms with Crippen molar-refractivity contribution in [2.45, 2.75) is 39.2 Å². The van der Waals surface area contributed by atoms with Gasteiger partial charge in [0.15, 0.2) is 0 Å². The second kappa shape index (κ2) is 8.12. The van der Waals surface area contributed by atoms with Crippen LogP contribution in [0.3, 0.4) is 0 Å². The molecule has 0 radical (unpaired) electrons. The summed E-state index contributed by atoms with van der Waals surface area (Å²) in [4.78, 5) is 13.4. The van der Waals surface area contributed by atoms with Crippen molar-refractivity contribution in [3.05, 3.63) is 65.2 Å². The first-order chi connectivity index (χ1) is 13.7. The van der Waals surface area contributed by atoms with Crippen LogP contribution >= 0.6 is 0 Å². The number of amides is 1. The largest absolute Gasteiger partial charge is 0.271 e. The van der Waals surface area contributed by atoms with Gasteiger partial charge in [0.05, 0.1) is 5.71 Å². The van der Waals surface area contributed by atoms with Crippen molar-refractivity contribution < 1.29 is 4.79 Å². The van der Waals surface area contributed by atoms with Gasteiger partial charge in [-0.15, -0.1) is 10.2 Å². The van der Waals surface area contributed by atoms with Gasteiger partial charge in [0.2, 0.25) is 5.82 Å². The topological polar surface area (TPSA) is 85.1 Å². The third-order valence-electron chi connectivity index (χ3n) is 4.88. The van der Waals surface area contributed by atoms with Gasteiger partial charge in [-0.1, -0.05) is 42.5 Å². The van der Waals surface area contributed by atoms with Gasteiger partial charge in [0, 0.05) is 5.56 Å². The Morgan fingerprint density at radius 3 is 2.71 bits per heavy atom. The minimum absolute atomic E-state index is 0.0409. The van der Waals surface area contributed by atoms with Gasteiger partial charge in [-0.05, 0) is 60.6 Å². The van der Waals surface area contributed by atoms with E-state index in [0.29, 0.717) is 5.82 Å². The number of aryl methyl sites for hydroxylation is 2. The predicted molar refractivity (Wildman–Crippen MR) is 107 cm³/mol. The highest BCUT2D eigenvalue weighted by molar-refractivity contribution is 5.99. The molecule has 1 aromatic heterocycles. The van der Waals surface area contributed by atoms with Crippen LogP contribution in [-0.4, -0.2) is 31.8 Å². The molecule has 0 aliphatic heterocycles. The SMILES string of the molecule is C/C(=N/NC(=O)Cn1nnc(-c2ccccc2)n1)c1ccc2c(c1)CCCC2. The summed E-state index contributed by atoms with van der Waals surface area (Å²) in [5.74, 6) is 0.191. The Morgan fingerprint density at radius 1 is 1.11 bits per heavy atom. The van der Waals surface area contributed by atoms with Crippen LogP contribution in [-0.2, 0) is 24.2 Å². The first kappa shape index (κ1) is 18.0. The van der Waals surface area contributed by atoms with Crippen molar-refractivity contribution in [1.82, 2.24) is 25.6 Å². The lowest BCUT2D eigenvalue weighted by Crippen LogP contribution is -2.25. The van der Waals surface area contributed by atoms with Gasteiger partial charge in [0.1, 0.15) is 6.54 Å². The Hall–Kier alpha value is -3.35. The smallest absolute Gasteiger partial charge is 0.263 e. The maximum atomic E-state index is 12.2. The van der Waals surface area contributed by atoms with Gasteiger partial charge in [-0.3, -0.25) is 4.79 Å². The van der Waals surface area contributed by atoms with Gasteiger partial charge in [-0.2, -0.15) is 9.90 Å². The molecule has 0 atom stereocenters. The van der Waals surface area contributed by atoms with Crippen molar-refractivity contribution >= 4 is 11.6 Å². The Kier molecular flexibility index (Phi) is 5.23. The van der Waals surface area contributed by atoms with Crippen LogP contribution in [0.5, 0.6) is 0 Å². The van der Waals surface area contributed by atoms with E-state index in [2.05, 4.69) is 44.1 Å². The molecule has 2 aromatic carbocycles. The average molecular weight is 374 g/mol. The Balaban J connectivity index is 1.38. The number of benzene rings is 2. The Labute approximate surface area is 163 Å². The van der Waals surface area contributed by atoms with Crippen LogP contribution in [0.15, 0.2) is 53.6 Å². The molecule has 0 bridgehead atoms. The highest BCUT2D eigenvalue weighted by Gasteiger charge is 2.11. The second-order valence-electron chi connectivity index (χ2n) is 6.93. The molecule has 0 fully saturated rings. The summed E-state index contributed by atoms with van der Waals surface area (Å²) in [5, 5.41) is 16.4. The van der Waals surface area contributed by atoms with Crippen LogP contribution in [0.1, 0.15) is 36.5 Å². The van der Waals surface area contributed by atoms with Gasteiger partial charge >= 0.3 is 0 Å². The zero-order chi connectivity index (χ0) is 19.3. The molecule has 4 rings (SSSR count). The van der Waals surface area contributed by atoms with Gasteiger partial charge < -0.3 is 0 Å². The number of carbonyl (C=O) groups excluding carboxylic acids is 1. The maximum absolute atomic E-state index is 12.2. The van der Waals surface area contributed by atoms with Crippen molar-refractivity contribution in [3.63, 3.8) is 0 Å². The maximum Gasteiger partial charge on any atom is 0.263 e. The van der Waals surface area contributed by atoms with E-state index in [1.165, 1.54) is 28.8 Å². The fourth-order valence-corrected chi connectivity index (χ4v) is 3.35. The third kappa shape index (κ3) is 4.14. The molecule has 28 heavy (non-hydrogen) atoms. The number of nitrogens with zero attached hydrogens (tertiary/aromatic N) is 5. The van der Waals surface area contributed by atoms with E-state index in [9.17, 15) is 4.79 Å².